The van der Waals surface area contributed by atoms with Crippen LogP contribution in [0.25, 0.3) is 11.1 Å². The molecule has 1 aliphatic rings. The zero-order valence-corrected chi connectivity index (χ0v) is 11.8. The molecule has 0 radical (unpaired) electrons. The van der Waals surface area contributed by atoms with E-state index in [1.807, 2.05) is 0 Å². The van der Waals surface area contributed by atoms with Crippen molar-refractivity contribution in [2.75, 3.05) is 18.4 Å². The van der Waals surface area contributed by atoms with Crippen LogP contribution in [-0.2, 0) is 0 Å². The molecule has 0 amide bonds. The van der Waals surface area contributed by atoms with Gasteiger partial charge in [-0.3, -0.25) is 0 Å². The second-order valence-corrected chi connectivity index (χ2v) is 5.43. The molecule has 1 fully saturated rings. The van der Waals surface area contributed by atoms with Gasteiger partial charge < -0.3 is 10.6 Å². The predicted molar refractivity (Wildman–Crippen MR) is 86.0 cm³/mol. The quantitative estimate of drug-likeness (QED) is 0.880. The Kier molecular flexibility index (Phi) is 4.34. The van der Waals surface area contributed by atoms with Gasteiger partial charge in [0.25, 0.3) is 0 Å². The Bertz CT molecular complexity index is 528. The van der Waals surface area contributed by atoms with Crippen LogP contribution in [0.15, 0.2) is 54.6 Å². The standard InChI is InChI=1S/C18H22N2/c1-2-7-15(8-3-1)17-10-4-5-11-18(17)20-16-9-6-13-19-14-12-16/h1-5,7-8,10-11,16,19-20H,6,9,12-14H2. The van der Waals surface area contributed by atoms with Crippen LogP contribution in [-0.4, -0.2) is 19.1 Å². The summed E-state index contributed by atoms with van der Waals surface area (Å²) < 4.78 is 0. The topological polar surface area (TPSA) is 24.1 Å². The highest BCUT2D eigenvalue weighted by molar-refractivity contribution is 5.77. The molecular formula is C18H22N2. The number of hydrogen-bond acceptors (Lipinski definition) is 2. The van der Waals surface area contributed by atoms with Crippen molar-refractivity contribution >= 4 is 5.69 Å². The van der Waals surface area contributed by atoms with E-state index in [4.69, 9.17) is 0 Å². The lowest BCUT2D eigenvalue weighted by molar-refractivity contribution is 0.638. The molecule has 1 heterocycles. The normalized spacial score (nSPS) is 19.3. The van der Waals surface area contributed by atoms with Crippen LogP contribution in [0.4, 0.5) is 5.69 Å². The molecule has 0 saturated carbocycles. The van der Waals surface area contributed by atoms with Gasteiger partial charge in [-0.25, -0.2) is 0 Å². The highest BCUT2D eigenvalue weighted by atomic mass is 14.9. The summed E-state index contributed by atoms with van der Waals surface area (Å²) in [6.45, 7) is 2.27. The summed E-state index contributed by atoms with van der Waals surface area (Å²) in [7, 11) is 0. The third kappa shape index (κ3) is 3.20. The molecule has 2 heteroatoms. The fraction of sp³-hybridized carbons (Fsp3) is 0.333. The SMILES string of the molecule is c1ccc(-c2ccccc2NC2CCCNCC2)cc1. The Labute approximate surface area is 121 Å². The van der Waals surface area contributed by atoms with E-state index in [1.54, 1.807) is 0 Å². The van der Waals surface area contributed by atoms with E-state index in [2.05, 4.69) is 65.2 Å². The van der Waals surface area contributed by atoms with E-state index in [0.717, 1.165) is 13.1 Å². The van der Waals surface area contributed by atoms with Crippen LogP contribution in [0.1, 0.15) is 19.3 Å². The summed E-state index contributed by atoms with van der Waals surface area (Å²) in [4.78, 5) is 0. The molecule has 0 bridgehead atoms. The van der Waals surface area contributed by atoms with E-state index >= 15 is 0 Å². The minimum absolute atomic E-state index is 0.579. The highest BCUT2D eigenvalue weighted by Gasteiger charge is 2.13. The van der Waals surface area contributed by atoms with Crippen molar-refractivity contribution in [3.8, 4) is 11.1 Å². The highest BCUT2D eigenvalue weighted by Crippen LogP contribution is 2.28. The number of rotatable bonds is 3. The molecule has 0 spiro atoms. The average Bonchev–Trinajstić information content (AvgIpc) is 2.77. The van der Waals surface area contributed by atoms with Gasteiger partial charge in [-0.15, -0.1) is 0 Å². The summed E-state index contributed by atoms with van der Waals surface area (Å²) >= 11 is 0. The van der Waals surface area contributed by atoms with E-state index in [-0.39, 0.29) is 0 Å². The zero-order chi connectivity index (χ0) is 13.6. The van der Waals surface area contributed by atoms with Gasteiger partial charge in [0.2, 0.25) is 0 Å². The number of nitrogens with one attached hydrogen (secondary N) is 2. The third-order valence-corrected chi connectivity index (χ3v) is 3.95. The van der Waals surface area contributed by atoms with Gasteiger partial charge in [-0.05, 0) is 44.0 Å². The van der Waals surface area contributed by atoms with Crippen LogP contribution >= 0.6 is 0 Å². The molecule has 20 heavy (non-hydrogen) atoms. The molecule has 0 aromatic heterocycles. The average molecular weight is 266 g/mol. The first kappa shape index (κ1) is 13.2. The maximum atomic E-state index is 3.75. The van der Waals surface area contributed by atoms with E-state index in [0.29, 0.717) is 6.04 Å². The van der Waals surface area contributed by atoms with Crippen LogP contribution in [0.2, 0.25) is 0 Å². The number of hydrogen-bond donors (Lipinski definition) is 2. The summed E-state index contributed by atoms with van der Waals surface area (Å²) in [6.07, 6.45) is 3.70. The number of anilines is 1. The van der Waals surface area contributed by atoms with Crippen molar-refractivity contribution in [3.05, 3.63) is 54.6 Å². The first-order valence-electron chi connectivity index (χ1n) is 7.55. The van der Waals surface area contributed by atoms with E-state index in [9.17, 15) is 0 Å². The van der Waals surface area contributed by atoms with E-state index in [1.165, 1.54) is 36.1 Å². The third-order valence-electron chi connectivity index (χ3n) is 3.95. The van der Waals surface area contributed by atoms with Gasteiger partial charge >= 0.3 is 0 Å². The second-order valence-electron chi connectivity index (χ2n) is 5.43. The maximum Gasteiger partial charge on any atom is 0.0422 e. The Morgan fingerprint density at radius 3 is 2.55 bits per heavy atom. The van der Waals surface area contributed by atoms with Crippen molar-refractivity contribution < 1.29 is 0 Å². The number of para-hydroxylation sites is 1. The molecule has 2 nitrogen and oxygen atoms in total. The minimum atomic E-state index is 0.579. The summed E-state index contributed by atoms with van der Waals surface area (Å²) in [5, 5.41) is 7.22. The minimum Gasteiger partial charge on any atom is -0.382 e. The molecule has 2 aromatic carbocycles. The fourth-order valence-electron chi connectivity index (χ4n) is 2.86. The molecule has 3 rings (SSSR count). The number of benzene rings is 2. The van der Waals surface area contributed by atoms with Gasteiger partial charge in [0.05, 0.1) is 0 Å². The largest absolute Gasteiger partial charge is 0.382 e. The van der Waals surface area contributed by atoms with Crippen molar-refractivity contribution in [2.45, 2.75) is 25.3 Å². The van der Waals surface area contributed by atoms with Gasteiger partial charge in [-0.1, -0.05) is 48.5 Å². The molecule has 1 saturated heterocycles. The van der Waals surface area contributed by atoms with Crippen molar-refractivity contribution in [3.63, 3.8) is 0 Å². The van der Waals surface area contributed by atoms with Gasteiger partial charge in [0.15, 0.2) is 0 Å². The molecule has 0 aliphatic carbocycles. The van der Waals surface area contributed by atoms with Crippen LogP contribution in [0.3, 0.4) is 0 Å². The Morgan fingerprint density at radius 1 is 0.850 bits per heavy atom. The maximum absolute atomic E-state index is 3.75. The van der Waals surface area contributed by atoms with Gasteiger partial charge in [0, 0.05) is 17.3 Å². The zero-order valence-electron chi connectivity index (χ0n) is 11.8. The fourth-order valence-corrected chi connectivity index (χ4v) is 2.86. The smallest absolute Gasteiger partial charge is 0.0422 e. The molecule has 1 unspecified atom stereocenters. The van der Waals surface area contributed by atoms with Crippen molar-refractivity contribution in [2.24, 2.45) is 0 Å². The summed E-state index contributed by atoms with van der Waals surface area (Å²) in [5.74, 6) is 0. The van der Waals surface area contributed by atoms with E-state index < -0.39 is 0 Å². The van der Waals surface area contributed by atoms with Crippen LogP contribution in [0, 0.1) is 0 Å². The Morgan fingerprint density at radius 2 is 1.65 bits per heavy atom. The molecule has 2 aromatic rings. The Hall–Kier alpha value is -1.80. The molecule has 104 valence electrons. The molecule has 1 aliphatic heterocycles. The first-order valence-corrected chi connectivity index (χ1v) is 7.55. The lowest BCUT2D eigenvalue weighted by Gasteiger charge is -2.20. The van der Waals surface area contributed by atoms with Crippen LogP contribution < -0.4 is 10.6 Å². The first-order chi connectivity index (χ1) is 9.93. The van der Waals surface area contributed by atoms with Gasteiger partial charge in [-0.2, -0.15) is 0 Å². The molecule has 1 atom stereocenters. The van der Waals surface area contributed by atoms with Crippen molar-refractivity contribution in [1.29, 1.82) is 0 Å². The second kappa shape index (κ2) is 6.58. The van der Waals surface area contributed by atoms with Crippen molar-refractivity contribution in [1.82, 2.24) is 5.32 Å². The molecular weight excluding hydrogens is 244 g/mol. The summed E-state index contributed by atoms with van der Waals surface area (Å²) in [6, 6.07) is 19.8. The summed E-state index contributed by atoms with van der Waals surface area (Å²) in [5.41, 5.74) is 3.83. The molecule has 2 N–H and O–H groups in total. The lowest BCUT2D eigenvalue weighted by Crippen LogP contribution is -2.21. The Balaban J connectivity index is 1.82. The van der Waals surface area contributed by atoms with Crippen LogP contribution in [0.5, 0.6) is 0 Å². The lowest BCUT2D eigenvalue weighted by atomic mass is 10.0. The van der Waals surface area contributed by atoms with Gasteiger partial charge in [0.1, 0.15) is 0 Å². The predicted octanol–water partition coefficient (Wildman–Crippen LogP) is 3.91. The monoisotopic (exact) mass is 266 g/mol.